The molecule has 2 aliphatic rings. The maximum Gasteiger partial charge on any atom is 0.518 e. The zero-order chi connectivity index (χ0) is 28.9. The van der Waals surface area contributed by atoms with Gasteiger partial charge in [-0.05, 0) is 61.4 Å². The first-order chi connectivity index (χ1) is 18.7. The van der Waals surface area contributed by atoms with E-state index in [1.807, 2.05) is 4.90 Å². The van der Waals surface area contributed by atoms with Crippen LogP contribution < -0.4 is 14.9 Å². The molecule has 0 unspecified atom stereocenters. The zero-order valence-electron chi connectivity index (χ0n) is 21.0. The third kappa shape index (κ3) is 5.47. The SMILES string of the molecule is O=C(Nc1cccc2nn(S(=O)(=O)C(F)(F)F)cc12)c1ccc(NS(=O)(=O)CCO)cc1N1CCC2(CC1)CC2. The number of aliphatic hydroxyl groups is 1. The van der Waals surface area contributed by atoms with Gasteiger partial charge in [-0.3, -0.25) is 9.52 Å². The van der Waals surface area contributed by atoms with Crippen LogP contribution in [0.25, 0.3) is 10.9 Å². The predicted octanol–water partition coefficient (Wildman–Crippen LogP) is 3.10. The number of hydrogen-bond donors (Lipinski definition) is 3. The zero-order valence-corrected chi connectivity index (χ0v) is 22.6. The molecule has 2 heterocycles. The summed E-state index contributed by atoms with van der Waals surface area (Å²) in [5, 5.41) is 15.2. The molecular formula is C24H26F3N5O6S2. The first-order valence-corrected chi connectivity index (χ1v) is 15.4. The molecule has 3 N–H and O–H groups in total. The van der Waals surface area contributed by atoms with E-state index in [0.717, 1.165) is 25.7 Å². The highest BCUT2D eigenvalue weighted by Gasteiger charge is 2.48. The number of benzene rings is 2. The Kier molecular flexibility index (Phi) is 6.99. The monoisotopic (exact) mass is 601 g/mol. The lowest BCUT2D eigenvalue weighted by Crippen LogP contribution is -2.35. The fourth-order valence-corrected chi connectivity index (χ4v) is 6.33. The van der Waals surface area contributed by atoms with Crippen LogP contribution in [0.3, 0.4) is 0 Å². The van der Waals surface area contributed by atoms with E-state index in [0.29, 0.717) is 30.4 Å². The Hall–Kier alpha value is -3.37. The third-order valence-corrected chi connectivity index (χ3v) is 9.84. The number of halogens is 3. The Morgan fingerprint density at radius 1 is 1.05 bits per heavy atom. The summed E-state index contributed by atoms with van der Waals surface area (Å²) in [4.78, 5) is 15.5. The van der Waals surface area contributed by atoms with Crippen molar-refractivity contribution in [2.75, 3.05) is 40.4 Å². The average molecular weight is 602 g/mol. The number of fused-ring (bicyclic) bond motifs is 1. The van der Waals surface area contributed by atoms with Gasteiger partial charge in [0, 0.05) is 18.5 Å². The largest absolute Gasteiger partial charge is 0.518 e. The molecule has 40 heavy (non-hydrogen) atoms. The molecule has 1 amide bonds. The quantitative estimate of drug-likeness (QED) is 0.357. The Labute approximate surface area is 228 Å². The van der Waals surface area contributed by atoms with E-state index in [1.54, 1.807) is 0 Å². The lowest BCUT2D eigenvalue weighted by Gasteiger charge is -2.35. The number of aliphatic hydroxyl groups excluding tert-OH is 1. The van der Waals surface area contributed by atoms with Gasteiger partial charge in [0.2, 0.25) is 10.0 Å². The van der Waals surface area contributed by atoms with E-state index in [2.05, 4.69) is 15.1 Å². The predicted molar refractivity (Wildman–Crippen MR) is 142 cm³/mol. The van der Waals surface area contributed by atoms with Gasteiger partial charge in [0.1, 0.15) is 0 Å². The van der Waals surface area contributed by atoms with Crippen molar-refractivity contribution in [1.82, 2.24) is 9.19 Å². The van der Waals surface area contributed by atoms with Crippen LogP contribution >= 0.6 is 0 Å². The Balaban J connectivity index is 1.48. The second-order valence-electron chi connectivity index (χ2n) is 10.0. The number of rotatable bonds is 8. The number of carbonyl (C=O) groups excluding carboxylic acids is 1. The van der Waals surface area contributed by atoms with E-state index in [9.17, 15) is 34.8 Å². The summed E-state index contributed by atoms with van der Waals surface area (Å²) in [5.74, 6) is -1.14. The fraction of sp³-hybridized carbons (Fsp3) is 0.417. The van der Waals surface area contributed by atoms with Crippen molar-refractivity contribution in [1.29, 1.82) is 0 Å². The number of hydrogen-bond acceptors (Lipinski definition) is 8. The van der Waals surface area contributed by atoms with Crippen LogP contribution in [0.1, 0.15) is 36.0 Å². The molecule has 1 saturated heterocycles. The summed E-state index contributed by atoms with van der Waals surface area (Å²) < 4.78 is 89.5. The minimum atomic E-state index is -5.77. The van der Waals surface area contributed by atoms with Crippen LogP contribution in [0.15, 0.2) is 42.6 Å². The number of alkyl halides is 3. The molecule has 11 nitrogen and oxygen atoms in total. The van der Waals surface area contributed by atoms with E-state index >= 15 is 0 Å². The molecular weight excluding hydrogens is 575 g/mol. The van der Waals surface area contributed by atoms with Crippen LogP contribution in [0.5, 0.6) is 0 Å². The first kappa shape index (κ1) is 28.2. The topological polar surface area (TPSA) is 151 Å². The minimum Gasteiger partial charge on any atom is -0.395 e. The summed E-state index contributed by atoms with van der Waals surface area (Å²) in [6.45, 7) is 0.721. The molecule has 1 aliphatic heterocycles. The Bertz CT molecular complexity index is 1670. The number of anilines is 3. The fourth-order valence-electron chi connectivity index (χ4n) is 4.85. The molecule has 16 heteroatoms. The number of aromatic nitrogens is 2. The molecule has 2 aromatic carbocycles. The maximum absolute atomic E-state index is 13.5. The molecule has 1 aromatic heterocycles. The van der Waals surface area contributed by atoms with Crippen LogP contribution in [0.2, 0.25) is 0 Å². The molecule has 216 valence electrons. The molecule has 0 radical (unpaired) electrons. The second kappa shape index (κ2) is 9.92. The molecule has 3 aromatic rings. The lowest BCUT2D eigenvalue weighted by molar-refractivity contribution is -0.0449. The number of carbonyl (C=O) groups is 1. The maximum atomic E-state index is 13.5. The first-order valence-electron chi connectivity index (χ1n) is 12.4. The van der Waals surface area contributed by atoms with Crippen molar-refractivity contribution >= 4 is 53.9 Å². The highest BCUT2D eigenvalue weighted by atomic mass is 32.2. The van der Waals surface area contributed by atoms with Gasteiger partial charge < -0.3 is 15.3 Å². The van der Waals surface area contributed by atoms with Crippen molar-refractivity contribution in [3.63, 3.8) is 0 Å². The van der Waals surface area contributed by atoms with E-state index in [4.69, 9.17) is 5.11 Å². The minimum absolute atomic E-state index is 0.0211. The van der Waals surface area contributed by atoms with E-state index < -0.39 is 43.8 Å². The van der Waals surface area contributed by atoms with Crippen molar-refractivity contribution in [3.8, 4) is 0 Å². The van der Waals surface area contributed by atoms with Crippen molar-refractivity contribution < 1.29 is 39.9 Å². The van der Waals surface area contributed by atoms with E-state index in [-0.39, 0.29) is 31.9 Å². The van der Waals surface area contributed by atoms with Gasteiger partial charge in [0.15, 0.2) is 0 Å². The number of piperidine rings is 1. The average Bonchev–Trinajstić information content (AvgIpc) is 3.46. The van der Waals surface area contributed by atoms with Gasteiger partial charge in [-0.2, -0.15) is 30.8 Å². The number of nitrogens with zero attached hydrogens (tertiary/aromatic N) is 3. The molecule has 5 rings (SSSR count). The standard InChI is InChI=1S/C24H26F3N5O6S2/c25-24(26,27)40(37,38)32-15-18-19(2-1-3-20(18)29-32)28-22(34)17-5-4-16(30-39(35,36)13-12-33)14-21(17)31-10-8-23(6-7-23)9-11-31/h1-5,14-15,30,33H,6-13H2,(H,28,34). The molecule has 0 atom stereocenters. The lowest BCUT2D eigenvalue weighted by atomic mass is 9.93. The summed E-state index contributed by atoms with van der Waals surface area (Å²) in [6, 6.07) is 8.49. The highest BCUT2D eigenvalue weighted by Crippen LogP contribution is 2.54. The van der Waals surface area contributed by atoms with Crippen LogP contribution in [-0.4, -0.2) is 68.0 Å². The molecule has 1 spiro atoms. The normalized spacial score (nSPS) is 17.2. The third-order valence-electron chi connectivity index (χ3n) is 7.31. The van der Waals surface area contributed by atoms with Gasteiger partial charge in [-0.15, -0.1) is 0 Å². The van der Waals surface area contributed by atoms with Crippen molar-refractivity contribution in [3.05, 3.63) is 48.2 Å². The Morgan fingerprint density at radius 2 is 1.75 bits per heavy atom. The van der Waals surface area contributed by atoms with Crippen LogP contribution in [0, 0.1) is 5.41 Å². The molecule has 0 bridgehead atoms. The summed E-state index contributed by atoms with van der Waals surface area (Å²) >= 11 is 0. The number of sulfonamides is 1. The van der Waals surface area contributed by atoms with Gasteiger partial charge in [-0.25, -0.2) is 8.42 Å². The second-order valence-corrected chi connectivity index (χ2v) is 13.6. The highest BCUT2D eigenvalue weighted by molar-refractivity contribution is 7.92. The van der Waals surface area contributed by atoms with Gasteiger partial charge in [0.05, 0.1) is 46.7 Å². The summed E-state index contributed by atoms with van der Waals surface area (Å²) in [7, 11) is -9.60. The van der Waals surface area contributed by atoms with Crippen molar-refractivity contribution in [2.45, 2.75) is 31.2 Å². The van der Waals surface area contributed by atoms with Gasteiger partial charge in [0.25, 0.3) is 5.91 Å². The van der Waals surface area contributed by atoms with E-state index in [1.165, 1.54) is 36.4 Å². The van der Waals surface area contributed by atoms with Crippen LogP contribution in [0.4, 0.5) is 30.2 Å². The van der Waals surface area contributed by atoms with Gasteiger partial charge in [-0.1, -0.05) is 6.07 Å². The summed E-state index contributed by atoms with van der Waals surface area (Å²) in [5.41, 5.74) is -4.44. The molecule has 1 aliphatic carbocycles. The molecule has 1 saturated carbocycles. The van der Waals surface area contributed by atoms with Crippen molar-refractivity contribution in [2.24, 2.45) is 5.41 Å². The Morgan fingerprint density at radius 3 is 2.38 bits per heavy atom. The molecule has 2 fully saturated rings. The smallest absolute Gasteiger partial charge is 0.395 e. The van der Waals surface area contributed by atoms with Crippen LogP contribution in [-0.2, 0) is 20.0 Å². The number of nitrogens with one attached hydrogen (secondary N) is 2. The number of amides is 1. The summed E-state index contributed by atoms with van der Waals surface area (Å²) in [6.07, 6.45) is 4.82. The van der Waals surface area contributed by atoms with Gasteiger partial charge >= 0.3 is 15.5 Å².